The number of morpholine rings is 1. The standard InChI is InChI=1S/C29H39FN2O5S/c1-36-13-4-3-11-29(35,22-9-6-10-23(30)27(22)19-7-5-8-21(15-19)38-2)26-18-32(12-14-37-26)28(34)20-16-24(31)25(33)17-20/h5-10,15,20,24-26,33,35H,3-4,11-14,16-18,31H2,1-2H3/t20-,24+,25-,26?,29+/m0/s1. The summed E-state index contributed by atoms with van der Waals surface area (Å²) in [6.45, 7) is 1.36. The maximum Gasteiger partial charge on any atom is 0.226 e. The Morgan fingerprint density at radius 2 is 2.05 bits per heavy atom. The van der Waals surface area contributed by atoms with Gasteiger partial charge in [0.15, 0.2) is 0 Å². The Morgan fingerprint density at radius 1 is 1.26 bits per heavy atom. The summed E-state index contributed by atoms with van der Waals surface area (Å²) >= 11 is 1.57. The van der Waals surface area contributed by atoms with E-state index in [1.165, 1.54) is 6.07 Å². The van der Waals surface area contributed by atoms with Crippen molar-refractivity contribution < 1.29 is 28.9 Å². The van der Waals surface area contributed by atoms with Crippen LogP contribution in [0.4, 0.5) is 4.39 Å². The van der Waals surface area contributed by atoms with Gasteiger partial charge >= 0.3 is 0 Å². The number of carbonyl (C=O) groups is 1. The number of benzene rings is 2. The van der Waals surface area contributed by atoms with E-state index in [1.807, 2.05) is 30.5 Å². The minimum absolute atomic E-state index is 0.0841. The molecule has 0 bridgehead atoms. The summed E-state index contributed by atoms with van der Waals surface area (Å²) in [4.78, 5) is 16.1. The van der Waals surface area contributed by atoms with Crippen LogP contribution >= 0.6 is 11.8 Å². The molecule has 0 radical (unpaired) electrons. The number of aliphatic hydroxyl groups excluding tert-OH is 1. The summed E-state index contributed by atoms with van der Waals surface area (Å²) in [5.41, 5.74) is 5.88. The van der Waals surface area contributed by atoms with Crippen molar-refractivity contribution in [2.75, 3.05) is 39.7 Å². The van der Waals surface area contributed by atoms with Gasteiger partial charge in [0.1, 0.15) is 17.5 Å². The molecule has 1 aliphatic heterocycles. The monoisotopic (exact) mass is 546 g/mol. The number of nitrogens with two attached hydrogens (primary N) is 1. The Morgan fingerprint density at radius 3 is 2.76 bits per heavy atom. The molecular formula is C29H39FN2O5S. The van der Waals surface area contributed by atoms with Crippen molar-refractivity contribution in [3.8, 4) is 11.1 Å². The van der Waals surface area contributed by atoms with Gasteiger partial charge in [0.2, 0.25) is 5.91 Å². The molecule has 38 heavy (non-hydrogen) atoms. The molecule has 1 saturated heterocycles. The highest BCUT2D eigenvalue weighted by Crippen LogP contribution is 2.42. The quantitative estimate of drug-likeness (QED) is 0.309. The molecule has 2 aliphatic rings. The van der Waals surface area contributed by atoms with Gasteiger partial charge in [0, 0.05) is 42.7 Å². The van der Waals surface area contributed by atoms with Gasteiger partial charge < -0.3 is 30.3 Å². The number of thioether (sulfide) groups is 1. The molecule has 4 N–H and O–H groups in total. The third-order valence-corrected chi connectivity index (χ3v) is 8.56. The van der Waals surface area contributed by atoms with Gasteiger partial charge in [-0.3, -0.25) is 4.79 Å². The lowest BCUT2D eigenvalue weighted by atomic mass is 9.78. The molecule has 1 amide bonds. The maximum absolute atomic E-state index is 15.5. The molecule has 1 unspecified atom stereocenters. The molecule has 1 saturated carbocycles. The van der Waals surface area contributed by atoms with Crippen LogP contribution < -0.4 is 5.73 Å². The van der Waals surface area contributed by atoms with Crippen LogP contribution in [0.1, 0.15) is 37.7 Å². The molecule has 5 atom stereocenters. The van der Waals surface area contributed by atoms with Gasteiger partial charge in [-0.1, -0.05) is 24.3 Å². The van der Waals surface area contributed by atoms with Crippen molar-refractivity contribution in [3.05, 3.63) is 53.8 Å². The zero-order valence-electron chi connectivity index (χ0n) is 22.1. The van der Waals surface area contributed by atoms with Crippen LogP contribution in [0.25, 0.3) is 11.1 Å². The zero-order chi connectivity index (χ0) is 27.3. The third kappa shape index (κ3) is 6.24. The fraction of sp³-hybridized carbons (Fsp3) is 0.552. The SMILES string of the molecule is COCCCC[C@@](O)(c1cccc(F)c1-c1cccc(SC)c1)C1CN(C(=O)[C@H]2C[C@@H](N)[C@@H](O)C2)CCO1. The summed E-state index contributed by atoms with van der Waals surface area (Å²) in [5, 5.41) is 22.5. The van der Waals surface area contributed by atoms with E-state index in [0.29, 0.717) is 55.5 Å². The lowest BCUT2D eigenvalue weighted by Gasteiger charge is -2.43. The fourth-order valence-electron chi connectivity index (χ4n) is 5.71. The first kappa shape index (κ1) is 29.0. The highest BCUT2D eigenvalue weighted by atomic mass is 32.2. The number of halogens is 1. The van der Waals surface area contributed by atoms with E-state index in [-0.39, 0.29) is 25.0 Å². The van der Waals surface area contributed by atoms with Crippen LogP contribution in [0.2, 0.25) is 0 Å². The van der Waals surface area contributed by atoms with Crippen molar-refractivity contribution in [1.82, 2.24) is 4.90 Å². The Hall–Kier alpha value is -2.01. The summed E-state index contributed by atoms with van der Waals surface area (Å²) < 4.78 is 26.9. The largest absolute Gasteiger partial charge is 0.391 e. The first-order valence-electron chi connectivity index (χ1n) is 13.3. The van der Waals surface area contributed by atoms with Crippen molar-refractivity contribution in [1.29, 1.82) is 0 Å². The number of hydrogen-bond acceptors (Lipinski definition) is 7. The first-order chi connectivity index (χ1) is 18.3. The molecule has 2 aromatic carbocycles. The van der Waals surface area contributed by atoms with E-state index < -0.39 is 29.7 Å². The second-order valence-electron chi connectivity index (χ2n) is 10.3. The Labute approximate surface area is 228 Å². The van der Waals surface area contributed by atoms with Crippen LogP contribution in [-0.2, 0) is 19.9 Å². The summed E-state index contributed by atoms with van der Waals surface area (Å²) in [6, 6.07) is 12.0. The zero-order valence-corrected chi connectivity index (χ0v) is 23.0. The minimum Gasteiger partial charge on any atom is -0.391 e. The number of nitrogens with zero attached hydrogens (tertiary/aromatic N) is 1. The smallest absolute Gasteiger partial charge is 0.226 e. The van der Waals surface area contributed by atoms with Gasteiger partial charge in [-0.05, 0) is 67.7 Å². The number of aliphatic hydroxyl groups is 2. The van der Waals surface area contributed by atoms with Gasteiger partial charge in [-0.25, -0.2) is 4.39 Å². The normalized spacial score (nSPS) is 25.4. The number of carbonyl (C=O) groups excluding carboxylic acids is 1. The number of ether oxygens (including phenoxy) is 2. The predicted octanol–water partition coefficient (Wildman–Crippen LogP) is 3.54. The Kier molecular flexibility index (Phi) is 9.84. The summed E-state index contributed by atoms with van der Waals surface area (Å²) in [6.07, 6.45) is 2.95. The number of hydrogen-bond donors (Lipinski definition) is 3. The van der Waals surface area contributed by atoms with E-state index in [9.17, 15) is 15.0 Å². The van der Waals surface area contributed by atoms with Crippen LogP contribution in [0.15, 0.2) is 47.4 Å². The van der Waals surface area contributed by atoms with Crippen LogP contribution in [0, 0.1) is 11.7 Å². The van der Waals surface area contributed by atoms with Crippen molar-refractivity contribution >= 4 is 17.7 Å². The molecule has 2 aromatic rings. The molecule has 2 fully saturated rings. The van der Waals surface area contributed by atoms with Crippen molar-refractivity contribution in [2.45, 2.75) is 60.9 Å². The minimum atomic E-state index is -1.55. The van der Waals surface area contributed by atoms with E-state index in [1.54, 1.807) is 35.9 Å². The highest BCUT2D eigenvalue weighted by molar-refractivity contribution is 7.98. The van der Waals surface area contributed by atoms with Gasteiger partial charge in [-0.2, -0.15) is 0 Å². The maximum atomic E-state index is 15.5. The van der Waals surface area contributed by atoms with E-state index in [4.69, 9.17) is 15.2 Å². The van der Waals surface area contributed by atoms with Crippen molar-refractivity contribution in [2.24, 2.45) is 11.7 Å². The van der Waals surface area contributed by atoms with Crippen LogP contribution in [-0.4, -0.2) is 78.9 Å². The highest BCUT2D eigenvalue weighted by Gasteiger charge is 2.46. The lowest BCUT2D eigenvalue weighted by molar-refractivity contribution is -0.167. The van der Waals surface area contributed by atoms with Gasteiger partial charge in [0.25, 0.3) is 0 Å². The molecule has 208 valence electrons. The number of methoxy groups -OCH3 is 1. The third-order valence-electron chi connectivity index (χ3n) is 7.83. The fourth-order valence-corrected chi connectivity index (χ4v) is 6.17. The average molecular weight is 547 g/mol. The van der Waals surface area contributed by atoms with Crippen LogP contribution in [0.3, 0.4) is 0 Å². The number of unbranched alkanes of at least 4 members (excludes halogenated alkanes) is 1. The summed E-state index contributed by atoms with van der Waals surface area (Å²) in [7, 11) is 1.63. The first-order valence-corrected chi connectivity index (χ1v) is 14.5. The molecule has 7 nitrogen and oxygen atoms in total. The number of amides is 1. The summed E-state index contributed by atoms with van der Waals surface area (Å²) in [5.74, 6) is -0.861. The average Bonchev–Trinajstić information content (AvgIpc) is 3.28. The van der Waals surface area contributed by atoms with Crippen molar-refractivity contribution in [3.63, 3.8) is 0 Å². The molecular weight excluding hydrogens is 507 g/mol. The Bertz CT molecular complexity index is 1090. The molecule has 9 heteroatoms. The van der Waals surface area contributed by atoms with E-state index in [0.717, 1.165) is 11.3 Å². The lowest BCUT2D eigenvalue weighted by Crippen LogP contribution is -2.55. The molecule has 4 rings (SSSR count). The molecule has 1 heterocycles. The topological polar surface area (TPSA) is 105 Å². The van der Waals surface area contributed by atoms with E-state index >= 15 is 4.39 Å². The molecule has 0 aromatic heterocycles. The van der Waals surface area contributed by atoms with E-state index in [2.05, 4.69) is 0 Å². The van der Waals surface area contributed by atoms with Gasteiger partial charge in [0.05, 0.1) is 19.3 Å². The molecule has 1 aliphatic carbocycles. The number of rotatable bonds is 10. The predicted molar refractivity (Wildman–Crippen MR) is 146 cm³/mol. The second-order valence-corrected chi connectivity index (χ2v) is 11.2. The van der Waals surface area contributed by atoms with Gasteiger partial charge in [-0.15, -0.1) is 11.8 Å². The Balaban J connectivity index is 1.69. The molecule has 0 spiro atoms. The second kappa shape index (κ2) is 12.9. The van der Waals surface area contributed by atoms with Crippen LogP contribution in [0.5, 0.6) is 0 Å².